The number of aromatic nitrogens is 1. The van der Waals surface area contributed by atoms with Crippen LogP contribution in [-0.4, -0.2) is 14.8 Å². The highest BCUT2D eigenvalue weighted by Gasteiger charge is 2.30. The number of fused-ring (bicyclic) bond motifs is 1. The molecule has 136 valence electrons. The summed E-state index contributed by atoms with van der Waals surface area (Å²) in [7, 11) is 0. The molecule has 1 aliphatic carbocycles. The molecular formula is C23H20ClNO2. The number of hydrogen-bond acceptors (Lipinski definition) is 2. The molecule has 2 N–H and O–H groups in total. The van der Waals surface area contributed by atoms with E-state index in [9.17, 15) is 10.2 Å². The summed E-state index contributed by atoms with van der Waals surface area (Å²) in [4.78, 5) is 0. The first-order valence-electron chi connectivity index (χ1n) is 9.08. The van der Waals surface area contributed by atoms with Crippen LogP contribution in [0.1, 0.15) is 47.9 Å². The minimum Gasteiger partial charge on any atom is -0.494 e. The highest BCUT2D eigenvalue weighted by atomic mass is 35.5. The summed E-state index contributed by atoms with van der Waals surface area (Å²) in [5.41, 5.74) is 3.92. The van der Waals surface area contributed by atoms with Crippen LogP contribution in [-0.2, 0) is 6.42 Å². The summed E-state index contributed by atoms with van der Waals surface area (Å²) in [5.74, 6) is 6.58. The maximum Gasteiger partial charge on any atom is 0.202 e. The zero-order valence-electron chi connectivity index (χ0n) is 15.0. The molecule has 2 aromatic carbocycles. The van der Waals surface area contributed by atoms with E-state index >= 15 is 0 Å². The molecule has 1 atom stereocenters. The second-order valence-electron chi connectivity index (χ2n) is 6.95. The average Bonchev–Trinajstić information content (AvgIpc) is 2.93. The zero-order chi connectivity index (χ0) is 19.0. The van der Waals surface area contributed by atoms with Gasteiger partial charge in [-0.05, 0) is 55.5 Å². The highest BCUT2D eigenvalue weighted by molar-refractivity contribution is 6.32. The van der Waals surface area contributed by atoms with Crippen molar-refractivity contribution in [3.8, 4) is 29.3 Å². The van der Waals surface area contributed by atoms with Crippen LogP contribution in [0.5, 0.6) is 11.8 Å². The second-order valence-corrected chi connectivity index (χ2v) is 7.36. The van der Waals surface area contributed by atoms with Crippen LogP contribution >= 0.6 is 11.6 Å². The molecule has 0 fully saturated rings. The fraction of sp³-hybridized carbons (Fsp3) is 0.217. The van der Waals surface area contributed by atoms with Gasteiger partial charge in [-0.3, -0.25) is 0 Å². The molecule has 3 nitrogen and oxygen atoms in total. The monoisotopic (exact) mass is 377 g/mol. The molecule has 1 unspecified atom stereocenters. The lowest BCUT2D eigenvalue weighted by Crippen LogP contribution is -2.04. The molecule has 0 bridgehead atoms. The number of hydrogen-bond donors (Lipinski definition) is 2. The van der Waals surface area contributed by atoms with E-state index in [1.807, 2.05) is 36.4 Å². The van der Waals surface area contributed by atoms with Crippen molar-refractivity contribution in [2.45, 2.75) is 32.1 Å². The summed E-state index contributed by atoms with van der Waals surface area (Å²) in [6.07, 6.45) is 2.78. The van der Waals surface area contributed by atoms with E-state index in [-0.39, 0.29) is 17.7 Å². The Hall–Kier alpha value is -2.83. The Bertz CT molecular complexity index is 1060. The van der Waals surface area contributed by atoms with Gasteiger partial charge in [-0.25, -0.2) is 4.57 Å². The van der Waals surface area contributed by atoms with Gasteiger partial charge in [-0.2, -0.15) is 0 Å². The molecule has 0 aliphatic heterocycles. The second kappa shape index (κ2) is 7.06. The number of halogens is 1. The molecule has 1 aromatic heterocycles. The molecule has 0 saturated heterocycles. The van der Waals surface area contributed by atoms with Gasteiger partial charge in [-0.1, -0.05) is 48.6 Å². The Labute approximate surface area is 163 Å². The first-order chi connectivity index (χ1) is 13.1. The van der Waals surface area contributed by atoms with Crippen molar-refractivity contribution in [1.29, 1.82) is 0 Å². The van der Waals surface area contributed by atoms with Crippen LogP contribution < -0.4 is 0 Å². The van der Waals surface area contributed by atoms with E-state index in [0.717, 1.165) is 41.5 Å². The van der Waals surface area contributed by atoms with Gasteiger partial charge >= 0.3 is 0 Å². The fourth-order valence-electron chi connectivity index (χ4n) is 3.76. The maximum absolute atomic E-state index is 10.7. The van der Waals surface area contributed by atoms with Crippen LogP contribution in [0.4, 0.5) is 0 Å². The smallest absolute Gasteiger partial charge is 0.202 e. The van der Waals surface area contributed by atoms with Crippen LogP contribution in [0.3, 0.4) is 0 Å². The largest absolute Gasteiger partial charge is 0.494 e. The molecule has 0 spiro atoms. The third-order valence-electron chi connectivity index (χ3n) is 5.13. The average molecular weight is 378 g/mol. The van der Waals surface area contributed by atoms with Crippen molar-refractivity contribution < 1.29 is 10.2 Å². The van der Waals surface area contributed by atoms with Crippen molar-refractivity contribution >= 4 is 11.6 Å². The Morgan fingerprint density at radius 3 is 2.44 bits per heavy atom. The Kier molecular flexibility index (Phi) is 4.59. The van der Waals surface area contributed by atoms with Crippen LogP contribution in [0, 0.1) is 11.8 Å². The molecule has 0 saturated carbocycles. The van der Waals surface area contributed by atoms with Gasteiger partial charge in [0.05, 0.1) is 10.7 Å². The minimum atomic E-state index is 0.0825. The zero-order valence-corrected chi connectivity index (χ0v) is 15.8. The topological polar surface area (TPSA) is 45.4 Å². The van der Waals surface area contributed by atoms with Crippen LogP contribution in [0.15, 0.2) is 48.5 Å². The van der Waals surface area contributed by atoms with Crippen molar-refractivity contribution in [2.75, 3.05) is 0 Å². The summed E-state index contributed by atoms with van der Waals surface area (Å²) < 4.78 is 1.45. The SMILES string of the molecule is CC1CCCc2c1c(O)n(-c1ccc(C#Cc3ccccc3)cc1Cl)c2O. The lowest BCUT2D eigenvalue weighted by Gasteiger charge is -2.18. The molecule has 4 rings (SSSR count). The summed E-state index contributed by atoms with van der Waals surface area (Å²) >= 11 is 6.48. The standard InChI is InChI=1S/C23H20ClNO2/c1-15-6-5-9-18-21(15)23(27)25(22(18)26)20-13-12-17(14-19(20)24)11-10-16-7-3-2-4-8-16/h2-4,7-8,12-15,26-27H,5-6,9H2,1H3. The highest BCUT2D eigenvalue weighted by Crippen LogP contribution is 2.46. The van der Waals surface area contributed by atoms with E-state index in [1.54, 1.807) is 12.1 Å². The van der Waals surface area contributed by atoms with Crippen LogP contribution in [0.25, 0.3) is 5.69 Å². The molecular weight excluding hydrogens is 358 g/mol. The summed E-state index contributed by atoms with van der Waals surface area (Å²) in [5, 5.41) is 21.9. The number of rotatable bonds is 1. The van der Waals surface area contributed by atoms with Gasteiger partial charge in [0.25, 0.3) is 0 Å². The first-order valence-corrected chi connectivity index (χ1v) is 9.46. The van der Waals surface area contributed by atoms with E-state index in [1.165, 1.54) is 4.57 Å². The Balaban J connectivity index is 1.74. The molecule has 27 heavy (non-hydrogen) atoms. The lowest BCUT2D eigenvalue weighted by molar-refractivity contribution is 0.399. The normalized spacial score (nSPS) is 15.7. The number of benzene rings is 2. The summed E-state index contributed by atoms with van der Waals surface area (Å²) in [6.45, 7) is 2.07. The Morgan fingerprint density at radius 1 is 1.00 bits per heavy atom. The number of aromatic hydroxyl groups is 2. The van der Waals surface area contributed by atoms with Gasteiger partial charge < -0.3 is 10.2 Å². The van der Waals surface area contributed by atoms with Gasteiger partial charge in [0.15, 0.2) is 0 Å². The Morgan fingerprint density at radius 2 is 1.74 bits per heavy atom. The number of nitrogens with zero attached hydrogens (tertiary/aromatic N) is 1. The molecule has 3 aromatic rings. The molecule has 1 heterocycles. The van der Waals surface area contributed by atoms with Gasteiger partial charge in [-0.15, -0.1) is 0 Å². The third-order valence-corrected chi connectivity index (χ3v) is 5.43. The van der Waals surface area contributed by atoms with Gasteiger partial charge in [0.1, 0.15) is 0 Å². The molecule has 4 heteroatoms. The fourth-order valence-corrected chi connectivity index (χ4v) is 4.03. The summed E-state index contributed by atoms with van der Waals surface area (Å²) in [6, 6.07) is 15.1. The van der Waals surface area contributed by atoms with E-state index in [0.29, 0.717) is 10.7 Å². The van der Waals surface area contributed by atoms with E-state index in [4.69, 9.17) is 11.6 Å². The maximum atomic E-state index is 10.7. The van der Waals surface area contributed by atoms with Gasteiger partial charge in [0, 0.05) is 22.3 Å². The predicted octanol–water partition coefficient (Wildman–Crippen LogP) is 5.38. The van der Waals surface area contributed by atoms with Crippen molar-refractivity contribution in [3.05, 3.63) is 75.8 Å². The van der Waals surface area contributed by atoms with Crippen molar-refractivity contribution in [1.82, 2.24) is 4.57 Å². The predicted molar refractivity (Wildman–Crippen MR) is 108 cm³/mol. The first kappa shape index (κ1) is 17.6. The molecule has 1 aliphatic rings. The molecule has 0 amide bonds. The molecule has 0 radical (unpaired) electrons. The van der Waals surface area contributed by atoms with Gasteiger partial charge in [0.2, 0.25) is 11.8 Å². The van der Waals surface area contributed by atoms with Crippen LogP contribution in [0.2, 0.25) is 5.02 Å². The third kappa shape index (κ3) is 3.18. The van der Waals surface area contributed by atoms with E-state index in [2.05, 4.69) is 18.8 Å². The minimum absolute atomic E-state index is 0.0825. The van der Waals surface area contributed by atoms with Crippen molar-refractivity contribution in [2.24, 2.45) is 0 Å². The van der Waals surface area contributed by atoms with E-state index < -0.39 is 0 Å². The quantitative estimate of drug-likeness (QED) is 0.559. The lowest BCUT2D eigenvalue weighted by atomic mass is 9.86. The van der Waals surface area contributed by atoms with Crippen molar-refractivity contribution in [3.63, 3.8) is 0 Å².